The summed E-state index contributed by atoms with van der Waals surface area (Å²) in [5.41, 5.74) is 4.84. The van der Waals surface area contributed by atoms with E-state index in [1.807, 2.05) is 0 Å². The lowest BCUT2D eigenvalue weighted by atomic mass is 10.1. The van der Waals surface area contributed by atoms with Gasteiger partial charge in [-0.25, -0.2) is 0 Å². The number of hydrogen-bond acceptors (Lipinski definition) is 3. The van der Waals surface area contributed by atoms with Crippen LogP contribution >= 0.6 is 0 Å². The summed E-state index contributed by atoms with van der Waals surface area (Å²) < 4.78 is 0. The molecule has 3 nitrogen and oxygen atoms in total. The molecular formula is C8H14N2O. The lowest BCUT2D eigenvalue weighted by Crippen LogP contribution is -2.23. The maximum Gasteiger partial charge on any atom is 0.0636 e. The second-order valence-electron chi connectivity index (χ2n) is 2.47. The minimum absolute atomic E-state index is 0.869. The highest BCUT2D eigenvalue weighted by Crippen LogP contribution is 2.10. The van der Waals surface area contributed by atoms with Gasteiger partial charge in [0.2, 0.25) is 0 Å². The zero-order valence-electron chi connectivity index (χ0n) is 6.81. The van der Waals surface area contributed by atoms with Crippen LogP contribution in [0.15, 0.2) is 23.9 Å². The molecule has 62 valence electrons. The molecule has 0 saturated carbocycles. The van der Waals surface area contributed by atoms with Crippen LogP contribution in [0.3, 0.4) is 0 Å². The summed E-state index contributed by atoms with van der Waals surface area (Å²) in [6.07, 6.45) is 3.15. The van der Waals surface area contributed by atoms with Gasteiger partial charge in [0, 0.05) is 6.54 Å². The minimum atomic E-state index is 0.869. The molecule has 1 heterocycles. The van der Waals surface area contributed by atoms with Crippen LogP contribution in [0, 0.1) is 0 Å². The number of hydrogen-bond donors (Lipinski definition) is 2. The van der Waals surface area contributed by atoms with Crippen molar-refractivity contribution in [3.8, 4) is 0 Å². The van der Waals surface area contributed by atoms with E-state index >= 15 is 0 Å². The molecule has 11 heavy (non-hydrogen) atoms. The van der Waals surface area contributed by atoms with E-state index in [-0.39, 0.29) is 0 Å². The molecule has 0 saturated heterocycles. The van der Waals surface area contributed by atoms with Crippen LogP contribution in [0.5, 0.6) is 0 Å². The van der Waals surface area contributed by atoms with E-state index in [0.717, 1.165) is 25.2 Å². The second-order valence-corrected chi connectivity index (χ2v) is 2.47. The summed E-state index contributed by atoms with van der Waals surface area (Å²) in [5, 5.41) is 3.23. The minimum Gasteiger partial charge on any atom is -0.313 e. The molecule has 1 aliphatic heterocycles. The number of rotatable bonds is 3. The van der Waals surface area contributed by atoms with Gasteiger partial charge in [-0.3, -0.25) is 10.3 Å². The fourth-order valence-corrected chi connectivity index (χ4v) is 1.09. The lowest BCUT2D eigenvalue weighted by Gasteiger charge is -2.15. The first-order valence-corrected chi connectivity index (χ1v) is 3.72. The SMILES string of the molecule is C=C(NOC)C1=CCNCC1. The van der Waals surface area contributed by atoms with Crippen molar-refractivity contribution in [2.24, 2.45) is 0 Å². The van der Waals surface area contributed by atoms with Gasteiger partial charge in [-0.1, -0.05) is 12.7 Å². The third kappa shape index (κ3) is 2.37. The second kappa shape index (κ2) is 4.16. The van der Waals surface area contributed by atoms with Gasteiger partial charge >= 0.3 is 0 Å². The Balaban J connectivity index is 2.44. The molecule has 0 aromatic heterocycles. The molecule has 0 atom stereocenters. The zero-order chi connectivity index (χ0) is 8.10. The van der Waals surface area contributed by atoms with Crippen molar-refractivity contribution < 1.29 is 4.84 Å². The van der Waals surface area contributed by atoms with E-state index in [9.17, 15) is 0 Å². The molecule has 0 amide bonds. The maximum atomic E-state index is 4.75. The predicted molar refractivity (Wildman–Crippen MR) is 44.9 cm³/mol. The molecule has 0 fully saturated rings. The standard InChI is InChI=1S/C8H14N2O/c1-7(10-11-2)8-3-5-9-6-4-8/h3,9-10H,1,4-6H2,2H3. The zero-order valence-corrected chi connectivity index (χ0v) is 6.81. The summed E-state index contributed by atoms with van der Waals surface area (Å²) in [5.74, 6) is 0. The van der Waals surface area contributed by atoms with E-state index < -0.39 is 0 Å². The molecule has 1 aliphatic rings. The Morgan fingerprint density at radius 1 is 1.82 bits per heavy atom. The van der Waals surface area contributed by atoms with Crippen molar-refractivity contribution >= 4 is 0 Å². The fraction of sp³-hybridized carbons (Fsp3) is 0.500. The van der Waals surface area contributed by atoms with Crippen LogP contribution in [-0.4, -0.2) is 20.2 Å². The van der Waals surface area contributed by atoms with Gasteiger partial charge in [-0.2, -0.15) is 0 Å². The van der Waals surface area contributed by atoms with Crippen molar-refractivity contribution in [3.05, 3.63) is 23.9 Å². The Morgan fingerprint density at radius 2 is 2.64 bits per heavy atom. The van der Waals surface area contributed by atoms with E-state index in [1.54, 1.807) is 7.11 Å². The normalized spacial score (nSPS) is 17.4. The summed E-state index contributed by atoms with van der Waals surface area (Å²) >= 11 is 0. The quantitative estimate of drug-likeness (QED) is 0.583. The molecule has 1 rings (SSSR count). The first-order chi connectivity index (χ1) is 5.34. The fourth-order valence-electron chi connectivity index (χ4n) is 1.09. The Bertz CT molecular complexity index is 175. The Hall–Kier alpha value is -0.800. The molecule has 0 spiro atoms. The first-order valence-electron chi connectivity index (χ1n) is 3.72. The van der Waals surface area contributed by atoms with Crippen LogP contribution in [0.4, 0.5) is 0 Å². The van der Waals surface area contributed by atoms with E-state index in [4.69, 9.17) is 4.84 Å². The van der Waals surface area contributed by atoms with Gasteiger partial charge in [0.25, 0.3) is 0 Å². The summed E-state index contributed by atoms with van der Waals surface area (Å²) in [6.45, 7) is 5.79. The summed E-state index contributed by atoms with van der Waals surface area (Å²) in [6, 6.07) is 0. The van der Waals surface area contributed by atoms with Crippen molar-refractivity contribution in [1.29, 1.82) is 0 Å². The largest absolute Gasteiger partial charge is 0.313 e. The van der Waals surface area contributed by atoms with E-state index in [1.165, 1.54) is 5.57 Å². The van der Waals surface area contributed by atoms with Crippen molar-refractivity contribution in [2.75, 3.05) is 20.2 Å². The number of allylic oxidation sites excluding steroid dienone is 1. The molecular weight excluding hydrogens is 140 g/mol. The monoisotopic (exact) mass is 154 g/mol. The molecule has 2 N–H and O–H groups in total. The third-order valence-electron chi connectivity index (χ3n) is 1.68. The van der Waals surface area contributed by atoms with Gasteiger partial charge in [-0.15, -0.1) is 0 Å². The maximum absolute atomic E-state index is 4.75. The van der Waals surface area contributed by atoms with Gasteiger partial charge in [0.1, 0.15) is 0 Å². The average Bonchev–Trinajstić information content (AvgIpc) is 2.07. The van der Waals surface area contributed by atoms with Crippen LogP contribution in [-0.2, 0) is 4.84 Å². The smallest absolute Gasteiger partial charge is 0.0636 e. The van der Waals surface area contributed by atoms with Gasteiger partial charge in [0.05, 0.1) is 12.8 Å². The molecule has 3 heteroatoms. The first kappa shape index (κ1) is 8.30. The molecule has 0 radical (unpaired) electrons. The molecule has 0 aromatic rings. The van der Waals surface area contributed by atoms with Crippen molar-refractivity contribution in [1.82, 2.24) is 10.8 Å². The third-order valence-corrected chi connectivity index (χ3v) is 1.68. The highest BCUT2D eigenvalue weighted by Gasteiger charge is 2.05. The van der Waals surface area contributed by atoms with Crippen molar-refractivity contribution in [3.63, 3.8) is 0 Å². The average molecular weight is 154 g/mol. The molecule has 0 bridgehead atoms. The van der Waals surface area contributed by atoms with Crippen molar-refractivity contribution in [2.45, 2.75) is 6.42 Å². The number of nitrogens with one attached hydrogen (secondary N) is 2. The van der Waals surface area contributed by atoms with E-state index in [2.05, 4.69) is 23.5 Å². The topological polar surface area (TPSA) is 33.3 Å². The number of hydroxylamine groups is 1. The summed E-state index contributed by atoms with van der Waals surface area (Å²) in [4.78, 5) is 4.75. The molecule has 0 aromatic carbocycles. The Morgan fingerprint density at radius 3 is 3.18 bits per heavy atom. The highest BCUT2D eigenvalue weighted by molar-refractivity contribution is 5.27. The Labute approximate surface area is 67.1 Å². The Kier molecular flexibility index (Phi) is 3.14. The van der Waals surface area contributed by atoms with Crippen LogP contribution in [0.2, 0.25) is 0 Å². The van der Waals surface area contributed by atoms with Gasteiger partial charge < -0.3 is 5.32 Å². The lowest BCUT2D eigenvalue weighted by molar-refractivity contribution is 0.120. The van der Waals surface area contributed by atoms with E-state index in [0.29, 0.717) is 0 Å². The molecule has 0 aliphatic carbocycles. The van der Waals surface area contributed by atoms with Crippen LogP contribution in [0.1, 0.15) is 6.42 Å². The van der Waals surface area contributed by atoms with Crippen LogP contribution < -0.4 is 10.8 Å². The van der Waals surface area contributed by atoms with Gasteiger partial charge in [0.15, 0.2) is 0 Å². The molecule has 0 unspecified atom stereocenters. The van der Waals surface area contributed by atoms with Crippen LogP contribution in [0.25, 0.3) is 0 Å². The highest BCUT2D eigenvalue weighted by atomic mass is 16.6. The van der Waals surface area contributed by atoms with Gasteiger partial charge in [-0.05, 0) is 18.5 Å². The predicted octanol–water partition coefficient (Wildman–Crippen LogP) is 0.571. The summed E-state index contributed by atoms with van der Waals surface area (Å²) in [7, 11) is 1.59.